The lowest BCUT2D eigenvalue weighted by Gasteiger charge is -2.35. The zero-order valence-corrected chi connectivity index (χ0v) is 24.0. The third-order valence-corrected chi connectivity index (χ3v) is 10.1. The Morgan fingerprint density at radius 2 is 1.90 bits per heavy atom. The zero-order chi connectivity index (χ0) is 28.3. The van der Waals surface area contributed by atoms with E-state index in [4.69, 9.17) is 0 Å². The molecule has 5 rings (SSSR count). The molecular weight excluding hydrogens is 552 g/mol. The molecule has 12 nitrogen and oxygen atoms in total. The van der Waals surface area contributed by atoms with Crippen molar-refractivity contribution in [3.05, 3.63) is 54.6 Å². The van der Waals surface area contributed by atoms with Crippen LogP contribution in [0.2, 0.25) is 0 Å². The predicted octanol–water partition coefficient (Wildman–Crippen LogP) is 3.44. The van der Waals surface area contributed by atoms with Crippen molar-refractivity contribution in [2.45, 2.75) is 24.1 Å². The van der Waals surface area contributed by atoms with Gasteiger partial charge in [0.05, 0.1) is 24.0 Å². The summed E-state index contributed by atoms with van der Waals surface area (Å²) in [5.41, 5.74) is 2.97. The minimum atomic E-state index is -3.73. The summed E-state index contributed by atoms with van der Waals surface area (Å²) in [4.78, 5) is 31.4. The minimum absolute atomic E-state index is 0.0514. The fourth-order valence-corrected chi connectivity index (χ4v) is 7.64. The van der Waals surface area contributed by atoms with E-state index in [9.17, 15) is 13.2 Å². The van der Waals surface area contributed by atoms with Crippen molar-refractivity contribution in [1.29, 1.82) is 0 Å². The van der Waals surface area contributed by atoms with Crippen LogP contribution in [-0.2, 0) is 14.8 Å². The number of hydrogen-bond acceptors (Lipinski definition) is 11. The quantitative estimate of drug-likeness (QED) is 0.317. The van der Waals surface area contributed by atoms with Gasteiger partial charge < -0.3 is 10.1 Å². The molecular formula is C26H30N8O4S2. The number of fused-ring (bicyclic) bond motifs is 1. The molecule has 3 aromatic heterocycles. The lowest BCUT2D eigenvalue weighted by molar-refractivity contribution is 0.184. The fraction of sp³-hybridized carbons (Fsp3) is 0.346. The van der Waals surface area contributed by atoms with Gasteiger partial charge in [-0.2, -0.15) is 4.31 Å². The van der Waals surface area contributed by atoms with Gasteiger partial charge in [-0.15, -0.1) is 0 Å². The van der Waals surface area contributed by atoms with Crippen LogP contribution in [-0.4, -0.2) is 89.5 Å². The first-order valence-electron chi connectivity index (χ1n) is 12.7. The number of nitrogens with zero attached hydrogens (tertiary/aromatic N) is 6. The van der Waals surface area contributed by atoms with Gasteiger partial charge in [-0.1, -0.05) is 29.5 Å². The van der Waals surface area contributed by atoms with E-state index in [1.165, 1.54) is 11.4 Å². The number of amides is 1. The Morgan fingerprint density at radius 3 is 2.62 bits per heavy atom. The summed E-state index contributed by atoms with van der Waals surface area (Å²) in [6.45, 7) is 6.30. The van der Waals surface area contributed by atoms with E-state index in [2.05, 4.69) is 47.1 Å². The number of carbonyl (C=O) groups excluding carboxylic acids is 1. The van der Waals surface area contributed by atoms with Gasteiger partial charge in [-0.05, 0) is 32.0 Å². The minimum Gasteiger partial charge on any atom is -0.453 e. The summed E-state index contributed by atoms with van der Waals surface area (Å²) in [6.07, 6.45) is 2.62. The van der Waals surface area contributed by atoms with Gasteiger partial charge in [0.25, 0.3) is 10.0 Å². The highest BCUT2D eigenvalue weighted by Crippen LogP contribution is 2.31. The lowest BCUT2D eigenvalue weighted by atomic mass is 10.1. The van der Waals surface area contributed by atoms with Gasteiger partial charge in [-0.3, -0.25) is 15.2 Å². The molecule has 1 atom stereocenters. The van der Waals surface area contributed by atoms with Crippen molar-refractivity contribution < 1.29 is 17.9 Å². The molecule has 1 amide bonds. The van der Waals surface area contributed by atoms with E-state index in [0.717, 1.165) is 39.3 Å². The Labute approximate surface area is 236 Å². The molecule has 40 heavy (non-hydrogen) atoms. The number of methoxy groups -OCH3 is 1. The van der Waals surface area contributed by atoms with Crippen molar-refractivity contribution in [3.8, 4) is 11.3 Å². The highest BCUT2D eigenvalue weighted by Gasteiger charge is 2.32. The number of thiazole rings is 1. The summed E-state index contributed by atoms with van der Waals surface area (Å²) in [5, 5.41) is 7.04. The number of ether oxygens (including phenoxy) is 1. The van der Waals surface area contributed by atoms with E-state index in [-0.39, 0.29) is 15.4 Å². The average Bonchev–Trinajstić information content (AvgIpc) is 3.34. The molecule has 1 aliphatic heterocycles. The SMILES string of the molecule is COC(=O)Nc1nc(C)c(S(=O)(=O)N2CCN(CC(C)Nc3ncnc4c(-c5ccccn5)cccc34)CC2)s1. The van der Waals surface area contributed by atoms with Crippen LogP contribution in [0.3, 0.4) is 0 Å². The van der Waals surface area contributed by atoms with Gasteiger partial charge in [0, 0.05) is 55.9 Å². The van der Waals surface area contributed by atoms with E-state index in [0.29, 0.717) is 38.4 Å². The van der Waals surface area contributed by atoms with Crippen molar-refractivity contribution in [2.75, 3.05) is 50.5 Å². The van der Waals surface area contributed by atoms with Crippen molar-refractivity contribution in [2.24, 2.45) is 0 Å². The Balaban J connectivity index is 1.22. The van der Waals surface area contributed by atoms with Gasteiger partial charge in [0.2, 0.25) is 0 Å². The molecule has 0 bridgehead atoms. The number of rotatable bonds is 8. The van der Waals surface area contributed by atoms with Gasteiger partial charge in [0.15, 0.2) is 9.34 Å². The second-order valence-corrected chi connectivity index (χ2v) is 12.5. The average molecular weight is 583 g/mol. The first kappa shape index (κ1) is 27.8. The van der Waals surface area contributed by atoms with E-state index >= 15 is 0 Å². The molecule has 1 aromatic carbocycles. The van der Waals surface area contributed by atoms with Crippen LogP contribution >= 0.6 is 11.3 Å². The Hall–Kier alpha value is -3.72. The van der Waals surface area contributed by atoms with Crippen LogP contribution in [0.15, 0.2) is 53.1 Å². The number of sulfonamides is 1. The van der Waals surface area contributed by atoms with Crippen LogP contribution in [0.5, 0.6) is 0 Å². The molecule has 0 radical (unpaired) electrons. The molecule has 1 fully saturated rings. The number of hydrogen-bond donors (Lipinski definition) is 2. The van der Waals surface area contributed by atoms with Gasteiger partial charge >= 0.3 is 6.09 Å². The second kappa shape index (κ2) is 11.8. The topological polar surface area (TPSA) is 143 Å². The third kappa shape index (κ3) is 5.89. The van der Waals surface area contributed by atoms with Crippen molar-refractivity contribution in [1.82, 2.24) is 29.1 Å². The largest absolute Gasteiger partial charge is 0.453 e. The van der Waals surface area contributed by atoms with E-state index in [1.54, 1.807) is 19.4 Å². The fourth-order valence-electron chi connectivity index (χ4n) is 4.68. The molecule has 2 N–H and O–H groups in total. The standard InChI is InChI=1S/C26H30N8O4S2/c1-17(30-23-20-8-6-7-19(22(20)28-16-29-23)21-9-4-5-10-27-21)15-33-11-13-34(14-12-33)40(36,37)24-18(2)31-25(39-24)32-26(35)38-3/h4-10,16-17H,11-15H2,1-3H3,(H,28,29,30)(H,31,32,35). The van der Waals surface area contributed by atoms with Crippen LogP contribution in [0.4, 0.5) is 15.7 Å². The van der Waals surface area contributed by atoms with E-state index in [1.807, 2.05) is 36.4 Å². The number of aryl methyl sites for hydroxylation is 1. The number of pyridine rings is 1. The smallest absolute Gasteiger partial charge is 0.413 e. The number of benzene rings is 1. The lowest BCUT2D eigenvalue weighted by Crippen LogP contribution is -2.50. The molecule has 4 heterocycles. The summed E-state index contributed by atoms with van der Waals surface area (Å²) in [6, 6.07) is 11.8. The molecule has 1 unspecified atom stereocenters. The molecule has 210 valence electrons. The summed E-state index contributed by atoms with van der Waals surface area (Å²) < 4.78 is 32.8. The first-order valence-corrected chi connectivity index (χ1v) is 15.0. The highest BCUT2D eigenvalue weighted by atomic mass is 32.2. The number of carbonyl (C=O) groups is 1. The highest BCUT2D eigenvalue weighted by molar-refractivity contribution is 7.91. The van der Waals surface area contributed by atoms with Crippen molar-refractivity contribution in [3.63, 3.8) is 0 Å². The third-order valence-electron chi connectivity index (χ3n) is 6.57. The summed E-state index contributed by atoms with van der Waals surface area (Å²) in [7, 11) is -2.50. The number of anilines is 2. The number of piperazine rings is 1. The molecule has 4 aromatic rings. The second-order valence-electron chi connectivity index (χ2n) is 9.40. The normalized spacial score (nSPS) is 15.6. The number of para-hydroxylation sites is 1. The molecule has 1 saturated heterocycles. The summed E-state index contributed by atoms with van der Waals surface area (Å²) in [5.74, 6) is 0.744. The Morgan fingerprint density at radius 1 is 1.10 bits per heavy atom. The number of aromatic nitrogens is 4. The van der Waals surface area contributed by atoms with E-state index < -0.39 is 16.1 Å². The molecule has 0 aliphatic carbocycles. The van der Waals surface area contributed by atoms with Crippen LogP contribution in [0.1, 0.15) is 12.6 Å². The monoisotopic (exact) mass is 582 g/mol. The van der Waals surface area contributed by atoms with Crippen LogP contribution < -0.4 is 10.6 Å². The molecule has 14 heteroatoms. The molecule has 0 saturated carbocycles. The van der Waals surface area contributed by atoms with Gasteiger partial charge in [-0.25, -0.2) is 28.2 Å². The molecule has 1 aliphatic rings. The van der Waals surface area contributed by atoms with Crippen molar-refractivity contribution >= 4 is 49.3 Å². The molecule has 0 spiro atoms. The predicted molar refractivity (Wildman–Crippen MR) is 154 cm³/mol. The maximum Gasteiger partial charge on any atom is 0.413 e. The summed E-state index contributed by atoms with van der Waals surface area (Å²) >= 11 is 0.925. The Bertz CT molecular complexity index is 1610. The Kier molecular flexibility index (Phi) is 8.21. The first-order chi connectivity index (χ1) is 19.3. The maximum atomic E-state index is 13.3. The zero-order valence-electron chi connectivity index (χ0n) is 22.4. The van der Waals surface area contributed by atoms with Gasteiger partial charge in [0.1, 0.15) is 12.1 Å². The number of nitrogens with one attached hydrogen (secondary N) is 2. The van der Waals surface area contributed by atoms with Crippen LogP contribution in [0, 0.1) is 6.92 Å². The maximum absolute atomic E-state index is 13.3. The van der Waals surface area contributed by atoms with Crippen LogP contribution in [0.25, 0.3) is 22.2 Å².